The molecule has 3 rings (SSSR count). The molecular weight excluding hydrogens is 212 g/mol. The van der Waals surface area contributed by atoms with Gasteiger partial charge < -0.3 is 10.3 Å². The van der Waals surface area contributed by atoms with Crippen LogP contribution in [-0.2, 0) is 6.54 Å². The molecule has 2 aromatic heterocycles. The Balaban J connectivity index is 2.08. The van der Waals surface area contributed by atoms with E-state index in [9.17, 15) is 0 Å². The average molecular weight is 224 g/mol. The summed E-state index contributed by atoms with van der Waals surface area (Å²) < 4.78 is 1.99. The highest BCUT2D eigenvalue weighted by Crippen LogP contribution is 2.18. The van der Waals surface area contributed by atoms with Gasteiger partial charge in [-0.15, -0.1) is 0 Å². The molecule has 0 fully saturated rings. The summed E-state index contributed by atoms with van der Waals surface area (Å²) in [7, 11) is 0. The molecule has 4 heteroatoms. The van der Waals surface area contributed by atoms with Crippen molar-refractivity contribution in [2.75, 3.05) is 5.73 Å². The molecule has 0 spiro atoms. The number of pyridine rings is 1. The predicted molar refractivity (Wildman–Crippen MR) is 67.5 cm³/mol. The Hall–Kier alpha value is -2.36. The van der Waals surface area contributed by atoms with Crippen LogP contribution in [-0.4, -0.2) is 14.5 Å². The van der Waals surface area contributed by atoms with Crippen molar-refractivity contribution in [3.8, 4) is 0 Å². The molecule has 84 valence electrons. The lowest BCUT2D eigenvalue weighted by Crippen LogP contribution is -2.04. The van der Waals surface area contributed by atoms with Crippen molar-refractivity contribution in [2.24, 2.45) is 0 Å². The number of hydrogen-bond acceptors (Lipinski definition) is 3. The fraction of sp³-hybridized carbons (Fsp3) is 0.0769. The molecule has 0 bridgehead atoms. The van der Waals surface area contributed by atoms with Crippen LogP contribution in [0, 0.1) is 0 Å². The molecule has 1 aromatic carbocycles. The maximum Gasteiger partial charge on any atom is 0.201 e. The van der Waals surface area contributed by atoms with Gasteiger partial charge in [-0.25, -0.2) is 4.98 Å². The van der Waals surface area contributed by atoms with Gasteiger partial charge in [0.25, 0.3) is 0 Å². The summed E-state index contributed by atoms with van der Waals surface area (Å²) in [5.74, 6) is 0.537. The molecule has 3 aromatic rings. The third-order valence-electron chi connectivity index (χ3n) is 2.75. The molecule has 0 aliphatic carbocycles. The zero-order chi connectivity index (χ0) is 11.7. The summed E-state index contributed by atoms with van der Waals surface area (Å²) in [6.07, 6.45) is 3.60. The fourth-order valence-corrected chi connectivity index (χ4v) is 1.93. The van der Waals surface area contributed by atoms with Crippen LogP contribution in [0.15, 0.2) is 48.8 Å². The van der Waals surface area contributed by atoms with E-state index >= 15 is 0 Å². The molecule has 4 nitrogen and oxygen atoms in total. The first kappa shape index (κ1) is 9.84. The number of nitrogens with zero attached hydrogens (tertiary/aromatic N) is 3. The Labute approximate surface area is 98.7 Å². The molecule has 2 heterocycles. The van der Waals surface area contributed by atoms with Crippen molar-refractivity contribution < 1.29 is 0 Å². The second-order valence-corrected chi connectivity index (χ2v) is 3.91. The summed E-state index contributed by atoms with van der Waals surface area (Å²) in [4.78, 5) is 8.43. The van der Waals surface area contributed by atoms with Crippen molar-refractivity contribution >= 4 is 17.0 Å². The van der Waals surface area contributed by atoms with Gasteiger partial charge in [0.05, 0.1) is 17.6 Å². The van der Waals surface area contributed by atoms with Crippen molar-refractivity contribution in [1.82, 2.24) is 14.5 Å². The standard InChI is InChI=1S/C13H12N4/c14-13-16-11-5-1-2-6-12(11)17(13)9-10-4-3-7-15-8-10/h1-8H,9H2,(H2,14,16). The Kier molecular flexibility index (Phi) is 2.26. The molecule has 0 atom stereocenters. The largest absolute Gasteiger partial charge is 0.369 e. The SMILES string of the molecule is Nc1nc2ccccc2n1Cc1cccnc1. The Morgan fingerprint density at radius 2 is 2.00 bits per heavy atom. The molecule has 0 saturated heterocycles. The number of hydrogen-bond donors (Lipinski definition) is 1. The van der Waals surface area contributed by atoms with Gasteiger partial charge in [0, 0.05) is 12.4 Å². The van der Waals surface area contributed by atoms with Crippen molar-refractivity contribution in [3.63, 3.8) is 0 Å². The highest BCUT2D eigenvalue weighted by atomic mass is 15.1. The minimum atomic E-state index is 0.537. The molecule has 0 aliphatic heterocycles. The van der Waals surface area contributed by atoms with Crippen LogP contribution in [0.5, 0.6) is 0 Å². The average Bonchev–Trinajstić information content (AvgIpc) is 2.68. The third-order valence-corrected chi connectivity index (χ3v) is 2.75. The maximum absolute atomic E-state index is 5.93. The maximum atomic E-state index is 5.93. The van der Waals surface area contributed by atoms with Crippen LogP contribution in [0.1, 0.15) is 5.56 Å². The minimum absolute atomic E-state index is 0.537. The number of nitrogen functional groups attached to an aromatic ring is 1. The van der Waals surface area contributed by atoms with E-state index in [4.69, 9.17) is 5.73 Å². The molecule has 17 heavy (non-hydrogen) atoms. The number of rotatable bonds is 2. The van der Waals surface area contributed by atoms with E-state index in [1.807, 2.05) is 47.2 Å². The van der Waals surface area contributed by atoms with E-state index in [2.05, 4.69) is 9.97 Å². The lowest BCUT2D eigenvalue weighted by atomic mass is 10.2. The van der Waals surface area contributed by atoms with Crippen LogP contribution in [0.4, 0.5) is 5.95 Å². The van der Waals surface area contributed by atoms with Crippen molar-refractivity contribution in [2.45, 2.75) is 6.54 Å². The number of imidazole rings is 1. The molecular formula is C13H12N4. The smallest absolute Gasteiger partial charge is 0.201 e. The van der Waals surface area contributed by atoms with Gasteiger partial charge in [-0.2, -0.15) is 0 Å². The minimum Gasteiger partial charge on any atom is -0.369 e. The molecule has 0 aliphatic rings. The summed E-state index contributed by atoms with van der Waals surface area (Å²) in [5, 5.41) is 0. The van der Waals surface area contributed by atoms with Crippen LogP contribution in [0.2, 0.25) is 0 Å². The molecule has 0 unspecified atom stereocenters. The van der Waals surface area contributed by atoms with Crippen LogP contribution in [0.3, 0.4) is 0 Å². The Morgan fingerprint density at radius 3 is 2.82 bits per heavy atom. The number of aromatic nitrogens is 3. The highest BCUT2D eigenvalue weighted by Gasteiger charge is 2.07. The number of benzene rings is 1. The van der Waals surface area contributed by atoms with E-state index in [1.165, 1.54) is 0 Å². The quantitative estimate of drug-likeness (QED) is 0.724. The molecule has 0 amide bonds. The van der Waals surface area contributed by atoms with Gasteiger partial charge in [-0.05, 0) is 23.8 Å². The lowest BCUT2D eigenvalue weighted by molar-refractivity contribution is 0.833. The molecule has 0 saturated carbocycles. The normalized spacial score (nSPS) is 10.8. The summed E-state index contributed by atoms with van der Waals surface area (Å²) >= 11 is 0. The lowest BCUT2D eigenvalue weighted by Gasteiger charge is -2.05. The van der Waals surface area contributed by atoms with Gasteiger partial charge in [-0.3, -0.25) is 4.98 Å². The number of fused-ring (bicyclic) bond motifs is 1. The second-order valence-electron chi connectivity index (χ2n) is 3.91. The predicted octanol–water partition coefficient (Wildman–Crippen LogP) is 2.06. The highest BCUT2D eigenvalue weighted by molar-refractivity contribution is 5.78. The first-order valence-electron chi connectivity index (χ1n) is 5.44. The summed E-state index contributed by atoms with van der Waals surface area (Å²) in [6, 6.07) is 11.9. The van der Waals surface area contributed by atoms with Crippen molar-refractivity contribution in [1.29, 1.82) is 0 Å². The topological polar surface area (TPSA) is 56.7 Å². The van der Waals surface area contributed by atoms with Crippen molar-refractivity contribution in [3.05, 3.63) is 54.4 Å². The van der Waals surface area contributed by atoms with E-state index < -0.39 is 0 Å². The summed E-state index contributed by atoms with van der Waals surface area (Å²) in [6.45, 7) is 0.695. The van der Waals surface area contributed by atoms with Crippen LogP contribution >= 0.6 is 0 Å². The van der Waals surface area contributed by atoms with E-state index in [-0.39, 0.29) is 0 Å². The monoisotopic (exact) mass is 224 g/mol. The second kappa shape index (κ2) is 3.90. The Bertz CT molecular complexity index is 643. The van der Waals surface area contributed by atoms with Gasteiger partial charge in [-0.1, -0.05) is 18.2 Å². The van der Waals surface area contributed by atoms with Crippen LogP contribution < -0.4 is 5.73 Å². The zero-order valence-electron chi connectivity index (χ0n) is 9.24. The van der Waals surface area contributed by atoms with Gasteiger partial charge in [0.2, 0.25) is 5.95 Å². The summed E-state index contributed by atoms with van der Waals surface area (Å²) in [5.41, 5.74) is 9.02. The zero-order valence-corrected chi connectivity index (χ0v) is 9.24. The van der Waals surface area contributed by atoms with Gasteiger partial charge >= 0.3 is 0 Å². The van der Waals surface area contributed by atoms with E-state index in [0.717, 1.165) is 16.6 Å². The number of para-hydroxylation sites is 2. The number of nitrogens with two attached hydrogens (primary N) is 1. The van der Waals surface area contributed by atoms with E-state index in [0.29, 0.717) is 12.5 Å². The molecule has 0 radical (unpaired) electrons. The number of anilines is 1. The van der Waals surface area contributed by atoms with E-state index in [1.54, 1.807) is 6.20 Å². The van der Waals surface area contributed by atoms with Gasteiger partial charge in [0.15, 0.2) is 0 Å². The van der Waals surface area contributed by atoms with Gasteiger partial charge in [0.1, 0.15) is 0 Å². The third kappa shape index (κ3) is 1.73. The van der Waals surface area contributed by atoms with Crippen LogP contribution in [0.25, 0.3) is 11.0 Å². The first-order valence-corrected chi connectivity index (χ1v) is 5.44. The first-order chi connectivity index (χ1) is 8.34. The Morgan fingerprint density at radius 1 is 1.12 bits per heavy atom. The molecule has 2 N–H and O–H groups in total. The fourth-order valence-electron chi connectivity index (χ4n) is 1.93.